The molecule has 1 aliphatic rings. The van der Waals surface area contributed by atoms with Crippen molar-refractivity contribution in [3.8, 4) is 0 Å². The van der Waals surface area contributed by atoms with Gasteiger partial charge in [-0.25, -0.2) is 0 Å². The molecule has 1 saturated heterocycles. The lowest BCUT2D eigenvalue weighted by Gasteiger charge is -2.21. The van der Waals surface area contributed by atoms with Gasteiger partial charge in [-0.3, -0.25) is 9.89 Å². The van der Waals surface area contributed by atoms with Crippen LogP contribution >= 0.6 is 0 Å². The van der Waals surface area contributed by atoms with Crippen LogP contribution in [0.25, 0.3) is 0 Å². The maximum Gasteiger partial charge on any atom is 0.269 e. The smallest absolute Gasteiger partial charge is 0.269 e. The molecule has 1 aromatic heterocycles. The molecule has 5 heteroatoms. The topological polar surface area (TPSA) is 83.8 Å². The fraction of sp³-hybridized carbons (Fsp3) is 0.556. The van der Waals surface area contributed by atoms with Crippen LogP contribution in [-0.4, -0.2) is 22.6 Å². The standard InChI is InChI=1S/C9H14N4O/c10-9(14)8-5-7(12-13-8)6-3-1-2-4-11-6/h5-6,11H,1-4H2,(H2,10,14)(H,12,13)/t6-/m0/s1. The van der Waals surface area contributed by atoms with Crippen molar-refractivity contribution in [3.05, 3.63) is 17.5 Å². The summed E-state index contributed by atoms with van der Waals surface area (Å²) in [6, 6.07) is 2.02. The Balaban J connectivity index is 2.11. The second-order valence-electron chi connectivity index (χ2n) is 3.58. The number of nitrogens with one attached hydrogen (secondary N) is 2. The lowest BCUT2D eigenvalue weighted by Crippen LogP contribution is -2.27. The first-order chi connectivity index (χ1) is 6.77. The summed E-state index contributed by atoms with van der Waals surface area (Å²) in [5.74, 6) is -0.483. The van der Waals surface area contributed by atoms with Gasteiger partial charge in [0.1, 0.15) is 5.69 Å². The van der Waals surface area contributed by atoms with E-state index < -0.39 is 5.91 Å². The maximum atomic E-state index is 10.8. The van der Waals surface area contributed by atoms with Crippen LogP contribution in [0, 0.1) is 0 Å². The SMILES string of the molecule is NC(=O)c1cc([C@@H]2CCCCN2)[nH]n1. The Morgan fingerprint density at radius 3 is 3.00 bits per heavy atom. The number of nitrogens with zero attached hydrogens (tertiary/aromatic N) is 1. The summed E-state index contributed by atoms with van der Waals surface area (Å²) in [6.45, 7) is 1.02. The molecule has 1 fully saturated rings. The summed E-state index contributed by atoms with van der Waals surface area (Å²) >= 11 is 0. The van der Waals surface area contributed by atoms with E-state index in [0.717, 1.165) is 18.7 Å². The van der Waals surface area contributed by atoms with Gasteiger partial charge in [-0.2, -0.15) is 5.10 Å². The summed E-state index contributed by atoms with van der Waals surface area (Å²) in [5.41, 5.74) is 6.38. The van der Waals surface area contributed by atoms with Gasteiger partial charge in [-0.15, -0.1) is 0 Å². The number of rotatable bonds is 2. The van der Waals surface area contributed by atoms with Gasteiger partial charge in [0.25, 0.3) is 5.91 Å². The third-order valence-corrected chi connectivity index (χ3v) is 2.54. The van der Waals surface area contributed by atoms with E-state index in [9.17, 15) is 4.79 Å². The summed E-state index contributed by atoms with van der Waals surface area (Å²) in [4.78, 5) is 10.8. The van der Waals surface area contributed by atoms with Crippen molar-refractivity contribution in [1.82, 2.24) is 15.5 Å². The monoisotopic (exact) mass is 194 g/mol. The van der Waals surface area contributed by atoms with Gasteiger partial charge in [0.05, 0.1) is 5.69 Å². The van der Waals surface area contributed by atoms with E-state index in [-0.39, 0.29) is 0 Å². The van der Waals surface area contributed by atoms with Crippen LogP contribution in [0.2, 0.25) is 0 Å². The number of piperidine rings is 1. The minimum atomic E-state index is -0.483. The molecule has 1 amide bonds. The van der Waals surface area contributed by atoms with Crippen molar-refractivity contribution >= 4 is 5.91 Å². The van der Waals surface area contributed by atoms with Gasteiger partial charge >= 0.3 is 0 Å². The number of aromatic nitrogens is 2. The van der Waals surface area contributed by atoms with E-state index in [4.69, 9.17) is 5.73 Å². The largest absolute Gasteiger partial charge is 0.364 e. The molecule has 0 radical (unpaired) electrons. The number of carbonyl (C=O) groups excluding carboxylic acids is 1. The molecule has 2 heterocycles. The van der Waals surface area contributed by atoms with E-state index >= 15 is 0 Å². The number of primary amides is 1. The highest BCUT2D eigenvalue weighted by molar-refractivity contribution is 5.90. The molecule has 0 spiro atoms. The van der Waals surface area contributed by atoms with Gasteiger partial charge < -0.3 is 11.1 Å². The summed E-state index contributed by atoms with van der Waals surface area (Å²) in [7, 11) is 0. The second-order valence-corrected chi connectivity index (χ2v) is 3.58. The second kappa shape index (κ2) is 3.79. The number of aromatic amines is 1. The van der Waals surface area contributed by atoms with Crippen LogP contribution in [0.4, 0.5) is 0 Å². The number of H-pyrrole nitrogens is 1. The molecule has 1 aliphatic heterocycles. The molecule has 2 rings (SSSR count). The highest BCUT2D eigenvalue weighted by atomic mass is 16.1. The van der Waals surface area contributed by atoms with Crippen molar-refractivity contribution in [2.75, 3.05) is 6.54 Å². The van der Waals surface area contributed by atoms with E-state index in [1.54, 1.807) is 6.07 Å². The molecule has 0 unspecified atom stereocenters. The quantitative estimate of drug-likeness (QED) is 0.634. The predicted molar refractivity (Wildman–Crippen MR) is 51.7 cm³/mol. The van der Waals surface area contributed by atoms with Gasteiger partial charge in [0.15, 0.2) is 0 Å². The van der Waals surface area contributed by atoms with Crippen LogP contribution in [0.15, 0.2) is 6.07 Å². The van der Waals surface area contributed by atoms with Crippen molar-refractivity contribution in [2.45, 2.75) is 25.3 Å². The summed E-state index contributed by atoms with van der Waals surface area (Å²) in [5, 5.41) is 10.1. The van der Waals surface area contributed by atoms with Crippen LogP contribution in [-0.2, 0) is 0 Å². The zero-order valence-electron chi connectivity index (χ0n) is 7.92. The van der Waals surface area contributed by atoms with Crippen LogP contribution in [0.3, 0.4) is 0 Å². The van der Waals surface area contributed by atoms with Crippen LogP contribution in [0.1, 0.15) is 41.5 Å². The number of hydrogen-bond donors (Lipinski definition) is 3. The average molecular weight is 194 g/mol. The lowest BCUT2D eigenvalue weighted by molar-refractivity contribution is 0.0995. The fourth-order valence-corrected chi connectivity index (χ4v) is 1.76. The van der Waals surface area contributed by atoms with Crippen molar-refractivity contribution in [3.63, 3.8) is 0 Å². The molecule has 0 bridgehead atoms. The summed E-state index contributed by atoms with van der Waals surface area (Å²) in [6.07, 6.45) is 3.51. The molecule has 5 nitrogen and oxygen atoms in total. The number of nitrogens with two attached hydrogens (primary N) is 1. The highest BCUT2D eigenvalue weighted by Crippen LogP contribution is 2.21. The van der Waals surface area contributed by atoms with Gasteiger partial charge in [-0.1, -0.05) is 6.42 Å². The molecule has 1 atom stereocenters. The molecule has 14 heavy (non-hydrogen) atoms. The van der Waals surface area contributed by atoms with E-state index in [1.807, 2.05) is 0 Å². The molecular formula is C9H14N4O. The van der Waals surface area contributed by atoms with Crippen molar-refractivity contribution in [2.24, 2.45) is 5.73 Å². The Morgan fingerprint density at radius 1 is 1.57 bits per heavy atom. The Hall–Kier alpha value is -1.36. The molecule has 76 valence electrons. The average Bonchev–Trinajstić information content (AvgIpc) is 2.68. The first-order valence-electron chi connectivity index (χ1n) is 4.86. The third-order valence-electron chi connectivity index (χ3n) is 2.54. The Labute approximate surface area is 82.1 Å². The van der Waals surface area contributed by atoms with Crippen molar-refractivity contribution in [1.29, 1.82) is 0 Å². The molecular weight excluding hydrogens is 180 g/mol. The zero-order valence-corrected chi connectivity index (χ0v) is 7.92. The lowest BCUT2D eigenvalue weighted by atomic mass is 10.0. The third kappa shape index (κ3) is 1.77. The molecule has 0 saturated carbocycles. The van der Waals surface area contributed by atoms with Gasteiger partial charge in [-0.05, 0) is 25.5 Å². The molecule has 4 N–H and O–H groups in total. The highest BCUT2D eigenvalue weighted by Gasteiger charge is 2.17. The molecule has 0 aliphatic carbocycles. The Bertz CT molecular complexity index is 327. The number of amides is 1. The minimum absolute atomic E-state index is 0.296. The predicted octanol–water partition coefficient (Wildman–Crippen LogP) is 0.323. The molecule has 0 aromatic carbocycles. The fourth-order valence-electron chi connectivity index (χ4n) is 1.76. The first-order valence-corrected chi connectivity index (χ1v) is 4.86. The van der Waals surface area contributed by atoms with Crippen LogP contribution in [0.5, 0.6) is 0 Å². The zero-order chi connectivity index (χ0) is 9.97. The number of carbonyl (C=O) groups is 1. The Kier molecular flexibility index (Phi) is 2.49. The summed E-state index contributed by atoms with van der Waals surface area (Å²) < 4.78 is 0. The van der Waals surface area contributed by atoms with Gasteiger partial charge in [0, 0.05) is 6.04 Å². The molecule has 1 aromatic rings. The minimum Gasteiger partial charge on any atom is -0.364 e. The van der Waals surface area contributed by atoms with Gasteiger partial charge in [0.2, 0.25) is 0 Å². The normalized spacial score (nSPS) is 22.1. The maximum absolute atomic E-state index is 10.8. The van der Waals surface area contributed by atoms with E-state index in [0.29, 0.717) is 11.7 Å². The van der Waals surface area contributed by atoms with E-state index in [1.165, 1.54) is 12.8 Å². The Morgan fingerprint density at radius 2 is 2.43 bits per heavy atom. The van der Waals surface area contributed by atoms with Crippen LogP contribution < -0.4 is 11.1 Å². The number of hydrogen-bond acceptors (Lipinski definition) is 3. The van der Waals surface area contributed by atoms with Crippen molar-refractivity contribution < 1.29 is 4.79 Å². The first kappa shape index (κ1) is 9.21. The van der Waals surface area contributed by atoms with E-state index in [2.05, 4.69) is 15.5 Å².